The molecule has 1 aliphatic rings. The van der Waals surface area contributed by atoms with E-state index in [-0.39, 0.29) is 26.9 Å². The monoisotopic (exact) mass is 572 g/mol. The first-order chi connectivity index (χ1) is 18.2. The summed E-state index contributed by atoms with van der Waals surface area (Å²) in [6.45, 7) is 9.80. The molecule has 2 N–H and O–H groups in total. The van der Waals surface area contributed by atoms with Crippen LogP contribution in [0.15, 0.2) is 64.5 Å². The number of benzene rings is 2. The number of rotatable bonds is 8. The number of likely N-dealkylation sites (N-methyl/N-ethyl adjacent to an activating group) is 1. The fraction of sp³-hybridized carbons (Fsp3) is 0.407. The summed E-state index contributed by atoms with van der Waals surface area (Å²) in [4.78, 5) is 11.4. The molecule has 210 valence electrons. The Morgan fingerprint density at radius 1 is 0.872 bits per heavy atom. The second-order valence-electron chi connectivity index (χ2n) is 11.1. The molecular weight excluding hydrogens is 536 g/mol. The quantitative estimate of drug-likeness (QED) is 0.412. The van der Waals surface area contributed by atoms with E-state index in [1.54, 1.807) is 54.7 Å². The maximum absolute atomic E-state index is 13.2. The number of hydrogen-bond acceptors (Lipinski definition) is 9. The first kappa shape index (κ1) is 28.9. The van der Waals surface area contributed by atoms with Gasteiger partial charge >= 0.3 is 0 Å². The Kier molecular flexibility index (Phi) is 8.31. The number of nitrogens with zero attached hydrogens (tertiary/aromatic N) is 4. The van der Waals surface area contributed by atoms with Crippen molar-refractivity contribution in [1.82, 2.24) is 19.2 Å². The van der Waals surface area contributed by atoms with Gasteiger partial charge in [0, 0.05) is 49.3 Å². The minimum absolute atomic E-state index is 0.0354. The molecule has 4 rings (SSSR count). The molecule has 0 bridgehead atoms. The number of hydrogen-bond donors (Lipinski definition) is 2. The first-order valence-corrected chi connectivity index (χ1v) is 15.8. The molecule has 0 saturated carbocycles. The summed E-state index contributed by atoms with van der Waals surface area (Å²) in [5, 5.41) is 6.29. The highest BCUT2D eigenvalue weighted by Gasteiger charge is 2.28. The van der Waals surface area contributed by atoms with E-state index in [4.69, 9.17) is 0 Å². The van der Waals surface area contributed by atoms with Gasteiger partial charge in [0.15, 0.2) is 9.84 Å². The largest absolute Gasteiger partial charge is 0.340 e. The van der Waals surface area contributed by atoms with E-state index < -0.39 is 19.9 Å². The van der Waals surface area contributed by atoms with Crippen molar-refractivity contribution in [2.75, 3.05) is 49.6 Å². The maximum atomic E-state index is 13.2. The topological polar surface area (TPSA) is 125 Å². The average molecular weight is 573 g/mol. The summed E-state index contributed by atoms with van der Waals surface area (Å²) >= 11 is 0. The van der Waals surface area contributed by atoms with Crippen LogP contribution in [0.25, 0.3) is 0 Å². The molecular formula is C27H36N6O4S2. The number of sulfonamides is 1. The van der Waals surface area contributed by atoms with E-state index in [9.17, 15) is 16.8 Å². The zero-order valence-electron chi connectivity index (χ0n) is 23.0. The van der Waals surface area contributed by atoms with Crippen molar-refractivity contribution in [2.24, 2.45) is 5.41 Å². The minimum Gasteiger partial charge on any atom is -0.340 e. The van der Waals surface area contributed by atoms with E-state index in [1.807, 2.05) is 34.7 Å². The van der Waals surface area contributed by atoms with Crippen molar-refractivity contribution in [2.45, 2.75) is 37.5 Å². The lowest BCUT2D eigenvalue weighted by atomic mass is 10.0. The SMILES string of the molecule is Cc1cnc(Nc2cccc(S(=O)(=O)N3CCN(C)CC3)c2)nc1Nc1cccc(S(=O)(=O)CC(C)(C)C)c1. The number of sulfone groups is 1. The minimum atomic E-state index is -3.62. The predicted octanol–water partition coefficient (Wildman–Crippen LogP) is 4.03. The smallest absolute Gasteiger partial charge is 0.243 e. The van der Waals surface area contributed by atoms with Crippen molar-refractivity contribution in [3.8, 4) is 0 Å². The van der Waals surface area contributed by atoms with Gasteiger partial charge in [-0.25, -0.2) is 21.8 Å². The van der Waals surface area contributed by atoms with Crippen LogP contribution in [0.5, 0.6) is 0 Å². The molecule has 0 unspecified atom stereocenters. The molecule has 0 amide bonds. The lowest BCUT2D eigenvalue weighted by Crippen LogP contribution is -2.47. The molecule has 0 aliphatic carbocycles. The molecule has 1 aliphatic heterocycles. The molecule has 0 atom stereocenters. The molecule has 39 heavy (non-hydrogen) atoms. The van der Waals surface area contributed by atoms with Crippen LogP contribution >= 0.6 is 0 Å². The Balaban J connectivity index is 1.53. The Labute approximate surface area is 231 Å². The summed E-state index contributed by atoms with van der Waals surface area (Å²) in [5.74, 6) is 0.807. The van der Waals surface area contributed by atoms with Crippen LogP contribution in [0.3, 0.4) is 0 Å². The van der Waals surface area contributed by atoms with E-state index in [2.05, 4.69) is 25.5 Å². The van der Waals surface area contributed by atoms with E-state index in [0.717, 1.165) is 5.56 Å². The second-order valence-corrected chi connectivity index (χ2v) is 15.0. The number of aromatic nitrogens is 2. The number of anilines is 4. The van der Waals surface area contributed by atoms with Gasteiger partial charge in [-0.3, -0.25) is 0 Å². The third-order valence-electron chi connectivity index (χ3n) is 6.24. The van der Waals surface area contributed by atoms with Crippen LogP contribution in [0.1, 0.15) is 26.3 Å². The van der Waals surface area contributed by atoms with Gasteiger partial charge in [0.1, 0.15) is 5.82 Å². The van der Waals surface area contributed by atoms with Crippen molar-refractivity contribution < 1.29 is 16.8 Å². The van der Waals surface area contributed by atoms with Crippen molar-refractivity contribution >= 4 is 43.0 Å². The van der Waals surface area contributed by atoms with E-state index in [0.29, 0.717) is 43.4 Å². The predicted molar refractivity (Wildman–Crippen MR) is 154 cm³/mol. The van der Waals surface area contributed by atoms with Crippen LogP contribution < -0.4 is 10.6 Å². The molecule has 10 nitrogen and oxygen atoms in total. The van der Waals surface area contributed by atoms with E-state index in [1.165, 1.54) is 4.31 Å². The summed E-state index contributed by atoms with van der Waals surface area (Å²) in [7, 11) is -5.10. The highest BCUT2D eigenvalue weighted by molar-refractivity contribution is 7.91. The van der Waals surface area contributed by atoms with Crippen LogP contribution in [0.2, 0.25) is 0 Å². The lowest BCUT2D eigenvalue weighted by molar-refractivity contribution is 0.222. The van der Waals surface area contributed by atoms with Gasteiger partial charge in [0.25, 0.3) is 0 Å². The summed E-state index contributed by atoms with van der Waals surface area (Å²) in [6, 6.07) is 13.3. The number of piperazine rings is 1. The summed E-state index contributed by atoms with van der Waals surface area (Å²) in [6.07, 6.45) is 1.64. The van der Waals surface area contributed by atoms with Gasteiger partial charge < -0.3 is 15.5 Å². The number of aryl methyl sites for hydroxylation is 1. The molecule has 2 heterocycles. The number of nitrogens with one attached hydrogen (secondary N) is 2. The zero-order valence-corrected chi connectivity index (χ0v) is 24.6. The van der Waals surface area contributed by atoms with Crippen LogP contribution in [-0.2, 0) is 19.9 Å². The van der Waals surface area contributed by atoms with E-state index >= 15 is 0 Å². The molecule has 3 aromatic rings. The molecule has 0 radical (unpaired) electrons. The summed E-state index contributed by atoms with van der Waals surface area (Å²) in [5.41, 5.74) is 1.51. The third-order valence-corrected chi connectivity index (χ3v) is 10.4. The second kappa shape index (κ2) is 11.2. The molecule has 1 saturated heterocycles. The Morgan fingerprint density at radius 3 is 2.10 bits per heavy atom. The van der Waals surface area contributed by atoms with Crippen molar-refractivity contribution in [3.63, 3.8) is 0 Å². The molecule has 1 fully saturated rings. The van der Waals surface area contributed by atoms with Gasteiger partial charge in [-0.05, 0) is 55.8 Å². The van der Waals surface area contributed by atoms with Gasteiger partial charge in [0.2, 0.25) is 16.0 Å². The van der Waals surface area contributed by atoms with Gasteiger partial charge in [-0.2, -0.15) is 9.29 Å². The first-order valence-electron chi connectivity index (χ1n) is 12.7. The van der Waals surface area contributed by atoms with Crippen LogP contribution in [-0.4, -0.2) is 75.0 Å². The Morgan fingerprint density at radius 2 is 1.46 bits per heavy atom. The fourth-order valence-electron chi connectivity index (χ4n) is 4.23. The van der Waals surface area contributed by atoms with Gasteiger partial charge in [0.05, 0.1) is 15.5 Å². The molecule has 2 aromatic carbocycles. The fourth-order valence-corrected chi connectivity index (χ4v) is 7.59. The highest BCUT2D eigenvalue weighted by Crippen LogP contribution is 2.27. The average Bonchev–Trinajstić information content (AvgIpc) is 2.85. The van der Waals surface area contributed by atoms with Gasteiger partial charge in [-0.15, -0.1) is 0 Å². The normalized spacial score (nSPS) is 15.7. The van der Waals surface area contributed by atoms with Crippen LogP contribution in [0, 0.1) is 12.3 Å². The lowest BCUT2D eigenvalue weighted by Gasteiger charge is -2.31. The van der Waals surface area contributed by atoms with Crippen LogP contribution in [0.4, 0.5) is 23.1 Å². The Hall–Kier alpha value is -3.06. The Bertz CT molecular complexity index is 1540. The molecule has 1 aromatic heterocycles. The van der Waals surface area contributed by atoms with Crippen molar-refractivity contribution in [3.05, 3.63) is 60.3 Å². The zero-order chi connectivity index (χ0) is 28.4. The third kappa shape index (κ3) is 7.33. The van der Waals surface area contributed by atoms with Crippen molar-refractivity contribution in [1.29, 1.82) is 0 Å². The highest BCUT2D eigenvalue weighted by atomic mass is 32.2. The summed E-state index contributed by atoms with van der Waals surface area (Å²) < 4.78 is 53.6. The standard InChI is InChI=1S/C27H36N6O4S2/c1-20-18-28-26(30-22-9-7-11-24(17-22)39(36,37)33-14-12-32(5)13-15-33)31-25(20)29-21-8-6-10-23(16-21)38(34,35)19-27(2,3)4/h6-11,16-18H,12-15,19H2,1-5H3,(H2,28,29,30,31). The molecule has 12 heteroatoms. The maximum Gasteiger partial charge on any atom is 0.243 e. The van der Waals surface area contributed by atoms with Gasteiger partial charge in [-0.1, -0.05) is 32.9 Å². The molecule has 0 spiro atoms.